The summed E-state index contributed by atoms with van der Waals surface area (Å²) in [4.78, 5) is 0. The molecule has 0 N–H and O–H groups in total. The molecule has 0 spiro atoms. The van der Waals surface area contributed by atoms with Crippen molar-refractivity contribution >= 4 is 5.57 Å². The monoisotopic (exact) mass is 196 g/mol. The lowest BCUT2D eigenvalue weighted by atomic mass is 9.95. The van der Waals surface area contributed by atoms with Crippen molar-refractivity contribution in [1.29, 1.82) is 0 Å². The largest absolute Gasteiger partial charge is 0.0949 e. The third kappa shape index (κ3) is 2.47. The van der Waals surface area contributed by atoms with E-state index >= 15 is 0 Å². The van der Waals surface area contributed by atoms with E-state index in [0.717, 1.165) is 19.3 Å². The predicted molar refractivity (Wildman–Crippen MR) is 66.7 cm³/mol. The molecule has 0 fully saturated rings. The number of benzene rings is 1. The topological polar surface area (TPSA) is 0 Å². The average molecular weight is 196 g/mol. The summed E-state index contributed by atoms with van der Waals surface area (Å²) in [5, 5.41) is 0. The zero-order valence-electron chi connectivity index (χ0n) is 8.95. The second-order valence-electron chi connectivity index (χ2n) is 3.86. The van der Waals surface area contributed by atoms with Crippen LogP contribution in [0.4, 0.5) is 0 Å². The molecule has 76 valence electrons. The molecule has 0 saturated heterocycles. The van der Waals surface area contributed by atoms with E-state index in [-0.39, 0.29) is 0 Å². The first-order chi connectivity index (χ1) is 7.38. The summed E-state index contributed by atoms with van der Waals surface area (Å²) in [6, 6.07) is 8.59. The Bertz CT molecular complexity index is 408. The van der Waals surface area contributed by atoms with Gasteiger partial charge in [0.05, 0.1) is 0 Å². The number of fused-ring (bicyclic) bond motifs is 1. The molecule has 0 unspecified atom stereocenters. The Kier molecular flexibility index (Phi) is 3.18. The van der Waals surface area contributed by atoms with Gasteiger partial charge in [-0.3, -0.25) is 0 Å². The molecule has 1 aliphatic carbocycles. The highest BCUT2D eigenvalue weighted by molar-refractivity contribution is 5.67. The highest BCUT2D eigenvalue weighted by Gasteiger charge is 2.03. The molecular formula is C15H16. The fourth-order valence-corrected chi connectivity index (χ4v) is 1.90. The van der Waals surface area contributed by atoms with Gasteiger partial charge in [0, 0.05) is 0 Å². The van der Waals surface area contributed by atoms with Gasteiger partial charge in [-0.15, -0.1) is 0 Å². The van der Waals surface area contributed by atoms with Crippen molar-refractivity contribution in [3.8, 4) is 0 Å². The van der Waals surface area contributed by atoms with Crippen molar-refractivity contribution in [2.45, 2.75) is 19.3 Å². The van der Waals surface area contributed by atoms with Crippen LogP contribution in [0.2, 0.25) is 0 Å². The Hall–Kier alpha value is -1.56. The number of hydrogen-bond acceptors (Lipinski definition) is 0. The summed E-state index contributed by atoms with van der Waals surface area (Å²) in [5.74, 6) is 0. The molecule has 0 heteroatoms. The minimum absolute atomic E-state index is 0.946. The second kappa shape index (κ2) is 4.79. The molecular weight excluding hydrogens is 180 g/mol. The third-order valence-corrected chi connectivity index (χ3v) is 2.73. The minimum Gasteiger partial charge on any atom is -0.0949 e. The number of rotatable bonds is 0. The molecule has 0 bridgehead atoms. The molecule has 0 heterocycles. The molecule has 0 nitrogen and oxygen atoms in total. The lowest BCUT2D eigenvalue weighted by Crippen LogP contribution is -1.93. The van der Waals surface area contributed by atoms with Crippen molar-refractivity contribution < 1.29 is 0 Å². The van der Waals surface area contributed by atoms with E-state index in [0.29, 0.717) is 0 Å². The molecule has 0 saturated carbocycles. The summed E-state index contributed by atoms with van der Waals surface area (Å²) in [6.07, 6.45) is 11.8. The van der Waals surface area contributed by atoms with Crippen LogP contribution in [-0.4, -0.2) is 0 Å². The van der Waals surface area contributed by atoms with E-state index in [2.05, 4.69) is 55.1 Å². The average Bonchev–Trinajstić information content (AvgIpc) is 2.28. The van der Waals surface area contributed by atoms with Gasteiger partial charge in [-0.05, 0) is 36.0 Å². The molecule has 2 rings (SSSR count). The second-order valence-corrected chi connectivity index (χ2v) is 3.86. The molecule has 0 atom stereocenters. The first kappa shape index (κ1) is 9.97. The normalized spacial score (nSPS) is 20.4. The predicted octanol–water partition coefficient (Wildman–Crippen LogP) is 4.15. The summed E-state index contributed by atoms with van der Waals surface area (Å²) in [6.45, 7) is 4.15. The Morgan fingerprint density at radius 2 is 1.80 bits per heavy atom. The van der Waals surface area contributed by atoms with Gasteiger partial charge in [0.25, 0.3) is 0 Å². The maximum absolute atomic E-state index is 4.15. The van der Waals surface area contributed by atoms with E-state index in [4.69, 9.17) is 0 Å². The van der Waals surface area contributed by atoms with Crippen LogP contribution in [0.5, 0.6) is 0 Å². The molecule has 15 heavy (non-hydrogen) atoms. The van der Waals surface area contributed by atoms with E-state index < -0.39 is 0 Å². The van der Waals surface area contributed by atoms with Crippen LogP contribution in [0, 0.1) is 0 Å². The zero-order valence-corrected chi connectivity index (χ0v) is 8.95. The molecule has 0 aliphatic heterocycles. The zero-order chi connectivity index (χ0) is 10.5. The smallest absolute Gasteiger partial charge is 0.00942 e. The van der Waals surface area contributed by atoms with E-state index in [1.165, 1.54) is 16.7 Å². The Balaban J connectivity index is 2.36. The van der Waals surface area contributed by atoms with E-state index in [1.807, 2.05) is 0 Å². The van der Waals surface area contributed by atoms with Gasteiger partial charge < -0.3 is 0 Å². The fourth-order valence-electron chi connectivity index (χ4n) is 1.90. The summed E-state index contributed by atoms with van der Waals surface area (Å²) < 4.78 is 0. The van der Waals surface area contributed by atoms with Gasteiger partial charge in [0.1, 0.15) is 0 Å². The van der Waals surface area contributed by atoms with Crippen molar-refractivity contribution in [3.63, 3.8) is 0 Å². The van der Waals surface area contributed by atoms with Crippen LogP contribution in [-0.2, 0) is 6.42 Å². The molecule has 1 aromatic carbocycles. The highest BCUT2D eigenvalue weighted by atomic mass is 14.1. The van der Waals surface area contributed by atoms with Gasteiger partial charge in [-0.25, -0.2) is 0 Å². The summed E-state index contributed by atoms with van der Waals surface area (Å²) >= 11 is 0. The van der Waals surface area contributed by atoms with E-state index in [9.17, 15) is 0 Å². The van der Waals surface area contributed by atoms with Gasteiger partial charge in [-0.1, -0.05) is 55.1 Å². The van der Waals surface area contributed by atoms with Crippen molar-refractivity contribution in [3.05, 3.63) is 66.3 Å². The SMILES string of the molecule is C=C1C/C=C\C=C/CCc2ccccc21. The summed E-state index contributed by atoms with van der Waals surface area (Å²) in [7, 11) is 0. The van der Waals surface area contributed by atoms with E-state index in [1.54, 1.807) is 0 Å². The van der Waals surface area contributed by atoms with Crippen molar-refractivity contribution in [1.82, 2.24) is 0 Å². The third-order valence-electron chi connectivity index (χ3n) is 2.73. The quantitative estimate of drug-likeness (QED) is 0.584. The van der Waals surface area contributed by atoms with Gasteiger partial charge in [-0.2, -0.15) is 0 Å². The Morgan fingerprint density at radius 1 is 1.00 bits per heavy atom. The Labute approximate surface area is 91.6 Å². The number of hydrogen-bond donors (Lipinski definition) is 0. The molecule has 1 aliphatic rings. The van der Waals surface area contributed by atoms with Gasteiger partial charge in [0.2, 0.25) is 0 Å². The minimum atomic E-state index is 0.946. The standard InChI is InChI=1S/C15H16/c1-13-9-5-3-2-4-6-10-14-11-7-8-12-15(13)14/h2-5,7-8,11-12H,1,6,9-10H2/b4-2-,5-3-. The van der Waals surface area contributed by atoms with Crippen LogP contribution in [0.3, 0.4) is 0 Å². The molecule has 0 aromatic heterocycles. The van der Waals surface area contributed by atoms with Crippen LogP contribution >= 0.6 is 0 Å². The Morgan fingerprint density at radius 3 is 2.73 bits per heavy atom. The summed E-state index contributed by atoms with van der Waals surface area (Å²) in [5.41, 5.74) is 3.97. The lowest BCUT2D eigenvalue weighted by Gasteiger charge is -2.10. The lowest BCUT2D eigenvalue weighted by molar-refractivity contribution is 0.993. The molecule has 0 amide bonds. The van der Waals surface area contributed by atoms with Crippen molar-refractivity contribution in [2.24, 2.45) is 0 Å². The van der Waals surface area contributed by atoms with Crippen LogP contribution < -0.4 is 0 Å². The first-order valence-electron chi connectivity index (χ1n) is 5.45. The van der Waals surface area contributed by atoms with Crippen LogP contribution in [0.15, 0.2) is 55.1 Å². The first-order valence-corrected chi connectivity index (χ1v) is 5.45. The van der Waals surface area contributed by atoms with Crippen LogP contribution in [0.25, 0.3) is 5.57 Å². The maximum Gasteiger partial charge on any atom is -0.00942 e. The highest BCUT2D eigenvalue weighted by Crippen LogP contribution is 2.22. The molecule has 0 radical (unpaired) electrons. The fraction of sp³-hybridized carbons (Fsp3) is 0.200. The number of aryl methyl sites for hydroxylation is 1. The maximum atomic E-state index is 4.15. The van der Waals surface area contributed by atoms with Crippen molar-refractivity contribution in [2.75, 3.05) is 0 Å². The van der Waals surface area contributed by atoms with Crippen LogP contribution in [0.1, 0.15) is 24.0 Å². The molecule has 1 aromatic rings. The van der Waals surface area contributed by atoms with Gasteiger partial charge >= 0.3 is 0 Å². The van der Waals surface area contributed by atoms with Gasteiger partial charge in [0.15, 0.2) is 0 Å². The number of allylic oxidation sites excluding steroid dienone is 5.